The molecule has 0 fully saturated rings. The first-order valence-corrected chi connectivity index (χ1v) is 9.66. The average Bonchev–Trinajstić information content (AvgIpc) is 3.08. The molecule has 2 unspecified atom stereocenters. The van der Waals surface area contributed by atoms with Crippen LogP contribution in [-0.4, -0.2) is 34.3 Å². The topological polar surface area (TPSA) is 62.1 Å². The van der Waals surface area contributed by atoms with Crippen molar-refractivity contribution in [1.82, 2.24) is 5.01 Å². The number of halogens is 2. The second kappa shape index (κ2) is 7.18. The molecule has 2 aromatic carbocycles. The summed E-state index contributed by atoms with van der Waals surface area (Å²) in [4.78, 5) is 11.5. The zero-order valence-electron chi connectivity index (χ0n) is 15.1. The highest BCUT2D eigenvalue weighted by atomic mass is 32.2. The van der Waals surface area contributed by atoms with E-state index in [0.717, 1.165) is 23.8 Å². The maximum atomic E-state index is 14.4. The number of rotatable bonds is 3. The Kier molecular flexibility index (Phi) is 4.84. The quantitative estimate of drug-likeness (QED) is 0.851. The third-order valence-electron chi connectivity index (χ3n) is 4.96. The lowest BCUT2D eigenvalue weighted by Gasteiger charge is -2.45. The first-order valence-electron chi connectivity index (χ1n) is 8.84. The van der Waals surface area contributed by atoms with E-state index in [-0.39, 0.29) is 35.6 Å². The lowest BCUT2D eigenvalue weighted by Crippen LogP contribution is -2.50. The van der Waals surface area contributed by atoms with Gasteiger partial charge in [0, 0.05) is 30.6 Å². The molecule has 2 atom stereocenters. The molecule has 0 bridgehead atoms. The molecular weight excluding hydrogens is 386 g/mol. The van der Waals surface area contributed by atoms with Crippen molar-refractivity contribution in [1.29, 1.82) is 0 Å². The molecule has 5 nitrogen and oxygen atoms in total. The van der Waals surface area contributed by atoms with Gasteiger partial charge in [-0.3, -0.25) is 4.79 Å². The minimum Gasteiger partial charge on any atom is -0.493 e. The number of fused-ring (bicyclic) bond motifs is 2. The first kappa shape index (κ1) is 18.9. The van der Waals surface area contributed by atoms with E-state index in [4.69, 9.17) is 4.74 Å². The number of aliphatic hydroxyl groups is 1. The number of hydrogen-bond acceptors (Lipinski definition) is 5. The zero-order chi connectivity index (χ0) is 19.9. The summed E-state index contributed by atoms with van der Waals surface area (Å²) in [5.74, 6) is -1.23. The Labute approximate surface area is 165 Å². The third kappa shape index (κ3) is 2.87. The van der Waals surface area contributed by atoms with Crippen LogP contribution in [0.3, 0.4) is 0 Å². The Morgan fingerprint density at radius 1 is 1.36 bits per heavy atom. The molecule has 1 amide bonds. The van der Waals surface area contributed by atoms with Crippen LogP contribution in [0.1, 0.15) is 24.5 Å². The van der Waals surface area contributed by atoms with Crippen LogP contribution in [-0.2, 0) is 9.67 Å². The number of para-hydroxylation sites is 1. The Hall–Kier alpha value is -2.45. The van der Waals surface area contributed by atoms with Crippen molar-refractivity contribution in [2.75, 3.05) is 13.2 Å². The lowest BCUT2D eigenvalue weighted by molar-refractivity contribution is -0.135. The van der Waals surface area contributed by atoms with Gasteiger partial charge in [-0.2, -0.15) is 5.10 Å². The molecule has 1 spiro atoms. The smallest absolute Gasteiger partial charge is 0.241 e. The van der Waals surface area contributed by atoms with Gasteiger partial charge in [0.1, 0.15) is 22.4 Å². The maximum Gasteiger partial charge on any atom is 0.241 e. The van der Waals surface area contributed by atoms with E-state index < -0.39 is 16.5 Å². The zero-order valence-corrected chi connectivity index (χ0v) is 15.9. The highest BCUT2D eigenvalue weighted by molar-refractivity contribution is 8.15. The summed E-state index contributed by atoms with van der Waals surface area (Å²) in [6.07, 6.45) is 0.361. The molecule has 146 valence electrons. The predicted octanol–water partition coefficient (Wildman–Crippen LogP) is 3.47. The molecule has 2 heterocycles. The predicted molar refractivity (Wildman–Crippen MR) is 102 cm³/mol. The van der Waals surface area contributed by atoms with Gasteiger partial charge in [-0.25, -0.2) is 13.8 Å². The van der Waals surface area contributed by atoms with Crippen LogP contribution in [0.5, 0.6) is 5.75 Å². The molecule has 28 heavy (non-hydrogen) atoms. The number of hydrazone groups is 1. The fourth-order valence-corrected chi connectivity index (χ4v) is 5.29. The van der Waals surface area contributed by atoms with Crippen molar-refractivity contribution in [2.45, 2.75) is 18.2 Å². The lowest BCUT2D eigenvalue weighted by atomic mass is 9.87. The van der Waals surface area contributed by atoms with Gasteiger partial charge >= 0.3 is 0 Å². The van der Waals surface area contributed by atoms with Crippen LogP contribution in [0.25, 0.3) is 0 Å². The van der Waals surface area contributed by atoms with Crippen molar-refractivity contribution in [3.05, 3.63) is 65.2 Å². The number of carbonyl (C=O) groups excluding carboxylic acids is 1. The normalized spacial score (nSPS) is 23.4. The Morgan fingerprint density at radius 3 is 2.89 bits per heavy atom. The van der Waals surface area contributed by atoms with Crippen LogP contribution in [0, 0.1) is 17.6 Å². The van der Waals surface area contributed by atoms with Gasteiger partial charge in [0.2, 0.25) is 5.91 Å². The standard InChI is InChI=1S/C20H18F2N2O3S/c1-12(26)24-20(28-19(23-24)15-10-14(21)6-7-17(15)22)13(8-9-25)11-27-18-5-3-2-4-16(18)20/h2-7,10,13,25H,8-9,11H2,1H3. The van der Waals surface area contributed by atoms with Crippen molar-refractivity contribution >= 4 is 22.7 Å². The summed E-state index contributed by atoms with van der Waals surface area (Å²) >= 11 is 1.19. The molecule has 0 saturated heterocycles. The molecule has 8 heteroatoms. The maximum absolute atomic E-state index is 14.4. The number of nitrogens with zero attached hydrogens (tertiary/aromatic N) is 2. The highest BCUT2D eigenvalue weighted by Gasteiger charge is 2.56. The average molecular weight is 404 g/mol. The van der Waals surface area contributed by atoms with Crippen molar-refractivity contribution < 1.29 is 23.4 Å². The summed E-state index contributed by atoms with van der Waals surface area (Å²) in [7, 11) is 0. The number of ether oxygens (including phenoxy) is 1. The highest BCUT2D eigenvalue weighted by Crippen LogP contribution is 2.57. The number of amides is 1. The summed E-state index contributed by atoms with van der Waals surface area (Å²) in [6, 6.07) is 10.4. The summed E-state index contributed by atoms with van der Waals surface area (Å²) in [6.45, 7) is 1.54. The van der Waals surface area contributed by atoms with E-state index in [9.17, 15) is 18.7 Å². The van der Waals surface area contributed by atoms with Crippen LogP contribution >= 0.6 is 11.8 Å². The monoisotopic (exact) mass is 404 g/mol. The molecule has 4 rings (SSSR count). The number of benzene rings is 2. The second-order valence-corrected chi connectivity index (χ2v) is 7.89. The summed E-state index contributed by atoms with van der Waals surface area (Å²) in [5.41, 5.74) is 0.718. The van der Waals surface area contributed by atoms with Gasteiger partial charge in [0.15, 0.2) is 4.87 Å². The van der Waals surface area contributed by atoms with E-state index in [0.29, 0.717) is 12.2 Å². The van der Waals surface area contributed by atoms with Gasteiger partial charge in [0.05, 0.1) is 6.61 Å². The number of aliphatic hydroxyl groups excluding tert-OH is 1. The van der Waals surface area contributed by atoms with Crippen LogP contribution in [0.2, 0.25) is 0 Å². The summed E-state index contributed by atoms with van der Waals surface area (Å²) < 4.78 is 34.0. The third-order valence-corrected chi connectivity index (χ3v) is 6.49. The van der Waals surface area contributed by atoms with E-state index in [1.165, 1.54) is 23.7 Å². The van der Waals surface area contributed by atoms with Crippen molar-refractivity contribution in [3.8, 4) is 5.75 Å². The SMILES string of the molecule is CC(=O)N1N=C(c2cc(F)ccc2F)SC12c1ccccc1OCC2CCO. The van der Waals surface area contributed by atoms with Crippen LogP contribution < -0.4 is 4.74 Å². The number of thioether (sulfide) groups is 1. The van der Waals surface area contributed by atoms with E-state index >= 15 is 0 Å². The van der Waals surface area contributed by atoms with E-state index in [1.54, 1.807) is 6.07 Å². The van der Waals surface area contributed by atoms with Crippen molar-refractivity contribution in [3.63, 3.8) is 0 Å². The number of carbonyl (C=O) groups is 1. The molecular formula is C20H18F2N2O3S. The first-order chi connectivity index (χ1) is 13.5. The molecule has 0 aliphatic carbocycles. The van der Waals surface area contributed by atoms with Gasteiger partial charge in [-0.1, -0.05) is 30.0 Å². The van der Waals surface area contributed by atoms with Crippen LogP contribution in [0.4, 0.5) is 8.78 Å². The molecule has 0 aromatic heterocycles. The van der Waals surface area contributed by atoms with Crippen LogP contribution in [0.15, 0.2) is 47.6 Å². The fourth-order valence-electron chi connectivity index (χ4n) is 3.72. The van der Waals surface area contributed by atoms with E-state index in [1.807, 2.05) is 18.2 Å². The Balaban J connectivity index is 1.89. The largest absolute Gasteiger partial charge is 0.493 e. The summed E-state index contributed by atoms with van der Waals surface area (Å²) in [5, 5.41) is 15.5. The Morgan fingerprint density at radius 2 is 2.14 bits per heavy atom. The minimum absolute atomic E-state index is 0.000142. The Bertz CT molecular complexity index is 968. The van der Waals surface area contributed by atoms with Gasteiger partial charge in [0.25, 0.3) is 0 Å². The fraction of sp³-hybridized carbons (Fsp3) is 0.300. The minimum atomic E-state index is -1.00. The molecule has 2 aromatic rings. The molecule has 0 saturated carbocycles. The number of hydrogen-bond donors (Lipinski definition) is 1. The molecule has 2 aliphatic rings. The molecule has 1 N–H and O–H groups in total. The molecule has 0 radical (unpaired) electrons. The van der Waals surface area contributed by atoms with Gasteiger partial charge < -0.3 is 9.84 Å². The second-order valence-electron chi connectivity index (χ2n) is 6.68. The van der Waals surface area contributed by atoms with Gasteiger partial charge in [-0.05, 0) is 30.7 Å². The van der Waals surface area contributed by atoms with Crippen molar-refractivity contribution in [2.24, 2.45) is 11.0 Å². The van der Waals surface area contributed by atoms with E-state index in [2.05, 4.69) is 5.10 Å². The van der Waals surface area contributed by atoms with Gasteiger partial charge in [-0.15, -0.1) is 0 Å². The molecule has 2 aliphatic heterocycles.